The zero-order valence-corrected chi connectivity index (χ0v) is 29.3. The van der Waals surface area contributed by atoms with E-state index in [1.807, 2.05) is 30.3 Å². The normalized spacial score (nSPS) is 10.2. The number of benzene rings is 3. The van der Waals surface area contributed by atoms with Crippen LogP contribution in [0.1, 0.15) is 65.6 Å². The fraction of sp³-hybridized carbons (Fsp3) is 0.286. The van der Waals surface area contributed by atoms with Crippen molar-refractivity contribution in [1.29, 1.82) is 0 Å². The Bertz CT molecular complexity index is 1370. The summed E-state index contributed by atoms with van der Waals surface area (Å²) >= 11 is -1.79. The first-order valence-corrected chi connectivity index (χ1v) is 24.2. The van der Waals surface area contributed by atoms with Gasteiger partial charge in [-0.2, -0.15) is 36.8 Å². The fourth-order valence-corrected chi connectivity index (χ4v) is 4.75. The van der Waals surface area contributed by atoms with E-state index in [9.17, 15) is 0 Å². The molecular weight excluding hydrogens is 611 g/mol. The van der Waals surface area contributed by atoms with E-state index in [0.717, 1.165) is 5.56 Å². The van der Waals surface area contributed by atoms with Gasteiger partial charge in [0.05, 0.1) is 0 Å². The van der Waals surface area contributed by atoms with Gasteiger partial charge in [0.15, 0.2) is 0 Å². The molecule has 5 aromatic rings. The first-order valence-electron chi connectivity index (χ1n) is 13.6. The molecule has 0 saturated heterocycles. The van der Waals surface area contributed by atoms with Crippen molar-refractivity contribution >= 4 is 45.4 Å². The zero-order chi connectivity index (χ0) is 28.9. The van der Waals surface area contributed by atoms with E-state index in [4.69, 9.17) is 17.0 Å². The minimum atomic E-state index is -1.79. The molecule has 206 valence electrons. The molecule has 0 nitrogen and oxygen atoms in total. The second-order valence-corrected chi connectivity index (χ2v) is 23.7. The van der Waals surface area contributed by atoms with Gasteiger partial charge < -0.3 is 0 Å². The summed E-state index contributed by atoms with van der Waals surface area (Å²) in [6.45, 7) is 20.0. The summed E-state index contributed by atoms with van der Waals surface area (Å²) in [6.07, 6.45) is 4.84. The van der Waals surface area contributed by atoms with Gasteiger partial charge in [-0.25, -0.2) is 0 Å². The molecule has 2 radical (unpaired) electrons. The molecule has 0 spiro atoms. The second-order valence-electron chi connectivity index (χ2n) is 10.0. The van der Waals surface area contributed by atoms with Crippen LogP contribution in [0.4, 0.5) is 0 Å². The molecule has 0 N–H and O–H groups in total. The quantitative estimate of drug-likeness (QED) is 0.134. The molecule has 0 aliphatic carbocycles. The van der Waals surface area contributed by atoms with Gasteiger partial charge in [0.2, 0.25) is 0 Å². The van der Waals surface area contributed by atoms with Gasteiger partial charge in [-0.1, -0.05) is 83.7 Å². The molecule has 0 aliphatic rings. The molecule has 0 atom stereocenters. The Balaban J connectivity index is 0.000000201. The Morgan fingerprint density at radius 2 is 1.08 bits per heavy atom. The molecule has 4 heteroatoms. The van der Waals surface area contributed by atoms with Crippen molar-refractivity contribution in [3.63, 3.8) is 0 Å². The number of rotatable bonds is 4. The summed E-state index contributed by atoms with van der Waals surface area (Å²) in [5, 5.41) is 5.80. The third kappa shape index (κ3) is 11.1. The average Bonchev–Trinajstić information content (AvgIpc) is 3.48. The van der Waals surface area contributed by atoms with Gasteiger partial charge in [0.25, 0.3) is 0 Å². The van der Waals surface area contributed by atoms with E-state index in [1.54, 1.807) is 0 Å². The third-order valence-corrected chi connectivity index (χ3v) is 6.56. The molecule has 0 fully saturated rings. The van der Waals surface area contributed by atoms with E-state index >= 15 is 0 Å². The van der Waals surface area contributed by atoms with Crippen LogP contribution >= 0.6 is 17.0 Å². The summed E-state index contributed by atoms with van der Waals surface area (Å²) in [5.74, 6) is 0. The Kier molecular flexibility index (Phi) is 14.9. The first-order chi connectivity index (χ1) is 18.6. The average molecular weight is 652 g/mol. The maximum atomic E-state index is 5.15. The van der Waals surface area contributed by atoms with Crippen molar-refractivity contribution in [2.24, 2.45) is 0 Å². The van der Waals surface area contributed by atoms with E-state index in [2.05, 4.69) is 104 Å². The second kappa shape index (κ2) is 17.3. The predicted molar refractivity (Wildman–Crippen MR) is 174 cm³/mol. The van der Waals surface area contributed by atoms with E-state index in [-0.39, 0.29) is 0 Å². The van der Waals surface area contributed by atoms with Crippen LogP contribution < -0.4 is 0 Å². The van der Waals surface area contributed by atoms with Crippen molar-refractivity contribution in [3.05, 3.63) is 125 Å². The Morgan fingerprint density at radius 1 is 0.692 bits per heavy atom. The maximum absolute atomic E-state index is 5.15. The SMILES string of the molecule is CCCc1ccc(C)c2[cH-]c(C)cc12.CCCc1ccc(C)c2[cH-]c(C)cc12.[CH2-]c1ccccc1.[Si]=[Zr]([Cl])[Cl]. The summed E-state index contributed by atoms with van der Waals surface area (Å²) in [5.41, 5.74) is 9.63. The van der Waals surface area contributed by atoms with Gasteiger partial charge >= 0.3 is 41.9 Å². The van der Waals surface area contributed by atoms with Gasteiger partial charge in [0.1, 0.15) is 0 Å². The number of aryl methyl sites for hydroxylation is 6. The molecule has 0 heterocycles. The molecule has 0 bridgehead atoms. The molecule has 0 amide bonds. The molecular formula is C35H41Cl2SiZr-3. The molecule has 39 heavy (non-hydrogen) atoms. The standard InChI is InChI=1S/2C14H17.C7H7.2ClH.Si.Zr/c2*1-4-5-12-7-6-11(3)13-8-10(2)9-14(12)13;1-7-5-3-2-4-6-7;;;;/h2*6-9H,4-5H2,1-3H3;2-6H,1H2;2*1H;;/q3*-1;;;;+2/p-2. The number of fused-ring (bicyclic) bond motifs is 2. The Morgan fingerprint density at radius 3 is 1.38 bits per heavy atom. The van der Waals surface area contributed by atoms with Gasteiger partial charge in [0, 0.05) is 0 Å². The topological polar surface area (TPSA) is 0 Å². The Hall–Kier alpha value is -1.57. The number of hydrogen-bond donors (Lipinski definition) is 0. The van der Waals surface area contributed by atoms with Crippen molar-refractivity contribution in [2.75, 3.05) is 0 Å². The minimum absolute atomic E-state index is 1.07. The molecule has 0 saturated carbocycles. The summed E-state index contributed by atoms with van der Waals surface area (Å²) < 4.78 is 0. The van der Waals surface area contributed by atoms with E-state index < -0.39 is 18.0 Å². The third-order valence-electron chi connectivity index (χ3n) is 6.56. The van der Waals surface area contributed by atoms with Gasteiger partial charge in [-0.3, -0.25) is 0 Å². The fourth-order valence-electron chi connectivity index (χ4n) is 4.75. The molecule has 5 rings (SSSR count). The van der Waals surface area contributed by atoms with Crippen molar-refractivity contribution in [2.45, 2.75) is 67.2 Å². The van der Waals surface area contributed by atoms with Crippen LogP contribution in [0.25, 0.3) is 21.5 Å². The van der Waals surface area contributed by atoms with Crippen LogP contribution in [0.15, 0.2) is 78.9 Å². The van der Waals surface area contributed by atoms with Crippen LogP contribution in [0.5, 0.6) is 0 Å². The van der Waals surface area contributed by atoms with Crippen molar-refractivity contribution < 1.29 is 18.0 Å². The monoisotopic (exact) mass is 649 g/mol. The van der Waals surface area contributed by atoms with Crippen LogP contribution in [0.3, 0.4) is 0 Å². The van der Waals surface area contributed by atoms with Crippen molar-refractivity contribution in [3.8, 4) is 0 Å². The predicted octanol–water partition coefficient (Wildman–Crippen LogP) is 11.1. The van der Waals surface area contributed by atoms with E-state index in [1.165, 1.54) is 80.6 Å². The number of hydrogen-bond acceptors (Lipinski definition) is 0. The van der Waals surface area contributed by atoms with Gasteiger partial charge in [-0.05, 0) is 12.8 Å². The molecule has 5 aromatic carbocycles. The van der Waals surface area contributed by atoms with Crippen LogP contribution in [0.2, 0.25) is 0 Å². The zero-order valence-electron chi connectivity index (χ0n) is 24.3. The van der Waals surface area contributed by atoms with Crippen LogP contribution in [-0.2, 0) is 30.8 Å². The van der Waals surface area contributed by atoms with Crippen molar-refractivity contribution in [1.82, 2.24) is 0 Å². The number of halogens is 2. The van der Waals surface area contributed by atoms with E-state index in [0.29, 0.717) is 0 Å². The van der Waals surface area contributed by atoms with Crippen LogP contribution in [0, 0.1) is 34.6 Å². The molecule has 0 aliphatic heterocycles. The first kappa shape index (κ1) is 33.6. The van der Waals surface area contributed by atoms with Gasteiger partial charge in [-0.15, -0.1) is 80.2 Å². The summed E-state index contributed by atoms with van der Waals surface area (Å²) in [4.78, 5) is 0. The summed E-state index contributed by atoms with van der Waals surface area (Å²) in [7, 11) is 10.3. The molecule has 0 unspecified atom stereocenters. The Labute approximate surface area is 253 Å². The summed E-state index contributed by atoms with van der Waals surface area (Å²) in [6, 6.07) is 28.1. The molecule has 0 aromatic heterocycles. The van der Waals surface area contributed by atoms with Crippen LogP contribution in [-0.4, -0.2) is 6.88 Å².